The number of para-hydroxylation sites is 1. The maximum atomic E-state index is 13.5. The molecular weight excluding hydrogens is 439 g/mol. The van der Waals surface area contributed by atoms with E-state index >= 15 is 0 Å². The van der Waals surface area contributed by atoms with Crippen LogP contribution in [0.5, 0.6) is 0 Å². The van der Waals surface area contributed by atoms with Crippen molar-refractivity contribution >= 4 is 29.3 Å². The summed E-state index contributed by atoms with van der Waals surface area (Å²) < 4.78 is 40.5. The topological polar surface area (TPSA) is 57.6 Å². The molecule has 4 rings (SSSR count). The third-order valence-electron chi connectivity index (χ3n) is 5.24. The number of amides is 1. The van der Waals surface area contributed by atoms with Crippen molar-refractivity contribution in [2.24, 2.45) is 0 Å². The third-order valence-corrected chi connectivity index (χ3v) is 6.49. The number of carbonyl (C=O) groups is 2. The summed E-state index contributed by atoms with van der Waals surface area (Å²) in [4.78, 5) is 26.6. The number of hydrogen-bond donors (Lipinski definition) is 1. The van der Waals surface area contributed by atoms with Crippen LogP contribution in [0.25, 0.3) is 0 Å². The van der Waals surface area contributed by atoms with Crippen molar-refractivity contribution in [1.82, 2.24) is 0 Å². The molecule has 0 aliphatic carbocycles. The first-order valence-corrected chi connectivity index (χ1v) is 10.7. The summed E-state index contributed by atoms with van der Waals surface area (Å²) in [5.74, 6) is -1.32. The number of nitrogens with zero attached hydrogens (tertiary/aromatic N) is 1. The van der Waals surface area contributed by atoms with Crippen molar-refractivity contribution < 1.29 is 27.9 Å². The van der Waals surface area contributed by atoms with Crippen LogP contribution in [0.15, 0.2) is 77.7 Å². The Kier molecular flexibility index (Phi) is 5.97. The van der Waals surface area contributed by atoms with Crippen LogP contribution < -0.4 is 4.90 Å². The zero-order chi connectivity index (χ0) is 22.9. The Morgan fingerprint density at radius 2 is 1.62 bits per heavy atom. The number of anilines is 1. The van der Waals surface area contributed by atoms with Crippen molar-refractivity contribution in [2.45, 2.75) is 29.3 Å². The minimum Gasteiger partial charge on any atom is -0.478 e. The lowest BCUT2D eigenvalue weighted by atomic mass is 10.0. The zero-order valence-electron chi connectivity index (χ0n) is 16.7. The highest BCUT2D eigenvalue weighted by Crippen LogP contribution is 2.42. The van der Waals surface area contributed by atoms with E-state index in [1.807, 2.05) is 12.1 Å². The van der Waals surface area contributed by atoms with Gasteiger partial charge < -0.3 is 10.0 Å². The monoisotopic (exact) mass is 457 g/mol. The number of rotatable bonds is 5. The molecule has 0 aromatic heterocycles. The largest absolute Gasteiger partial charge is 0.478 e. The molecule has 0 fully saturated rings. The number of hydrogen-bond acceptors (Lipinski definition) is 3. The van der Waals surface area contributed by atoms with Crippen LogP contribution in [0.2, 0.25) is 0 Å². The number of alkyl halides is 3. The second-order valence-corrected chi connectivity index (χ2v) is 8.60. The van der Waals surface area contributed by atoms with Gasteiger partial charge in [0.1, 0.15) is 0 Å². The van der Waals surface area contributed by atoms with E-state index in [-0.39, 0.29) is 23.6 Å². The molecule has 3 aromatic rings. The van der Waals surface area contributed by atoms with Gasteiger partial charge in [-0.1, -0.05) is 42.5 Å². The van der Waals surface area contributed by atoms with Crippen molar-refractivity contribution in [2.75, 3.05) is 4.90 Å². The average Bonchev–Trinajstić information content (AvgIpc) is 2.76. The highest BCUT2D eigenvalue weighted by Gasteiger charge is 2.37. The smallest absolute Gasteiger partial charge is 0.416 e. The van der Waals surface area contributed by atoms with Gasteiger partial charge in [-0.25, -0.2) is 4.79 Å². The molecular formula is C24H18F3NO3S. The molecule has 1 N–H and O–H groups in total. The number of fused-ring (bicyclic) bond motifs is 1. The minimum atomic E-state index is -4.52. The zero-order valence-corrected chi connectivity index (χ0v) is 17.5. The van der Waals surface area contributed by atoms with Gasteiger partial charge in [0.25, 0.3) is 0 Å². The van der Waals surface area contributed by atoms with Crippen molar-refractivity contribution in [3.05, 3.63) is 95.1 Å². The molecule has 0 spiro atoms. The van der Waals surface area contributed by atoms with E-state index in [0.29, 0.717) is 12.1 Å². The Morgan fingerprint density at radius 1 is 0.969 bits per heavy atom. The van der Waals surface area contributed by atoms with Crippen LogP contribution in [-0.4, -0.2) is 22.2 Å². The lowest BCUT2D eigenvalue weighted by molar-refractivity contribution is -0.138. The van der Waals surface area contributed by atoms with Gasteiger partial charge in [-0.15, -0.1) is 11.8 Å². The highest BCUT2D eigenvalue weighted by molar-refractivity contribution is 8.01. The predicted molar refractivity (Wildman–Crippen MR) is 116 cm³/mol. The molecule has 1 amide bonds. The normalized spacial score (nSPS) is 16.0. The first-order valence-electron chi connectivity index (χ1n) is 9.78. The van der Waals surface area contributed by atoms with Crippen LogP contribution in [0.3, 0.4) is 0 Å². The molecule has 1 aliphatic rings. The lowest BCUT2D eigenvalue weighted by Crippen LogP contribution is -2.41. The second kappa shape index (κ2) is 8.70. The fourth-order valence-electron chi connectivity index (χ4n) is 3.67. The maximum absolute atomic E-state index is 13.5. The SMILES string of the molecule is O=C(O)c1ccc(CC2Sc3ccccc3N(Cc3ccccc3C(F)(F)F)C2=O)cc1. The lowest BCUT2D eigenvalue weighted by Gasteiger charge is -2.34. The maximum Gasteiger partial charge on any atom is 0.416 e. The molecule has 3 aromatic carbocycles. The Labute approximate surface area is 186 Å². The van der Waals surface area contributed by atoms with E-state index in [9.17, 15) is 22.8 Å². The molecule has 164 valence electrons. The van der Waals surface area contributed by atoms with Crippen molar-refractivity contribution in [3.63, 3.8) is 0 Å². The number of aromatic carboxylic acids is 1. The molecule has 1 heterocycles. The van der Waals surface area contributed by atoms with Gasteiger partial charge in [0, 0.05) is 4.90 Å². The van der Waals surface area contributed by atoms with Gasteiger partial charge in [-0.3, -0.25) is 4.79 Å². The molecule has 32 heavy (non-hydrogen) atoms. The van der Waals surface area contributed by atoms with E-state index in [2.05, 4.69) is 0 Å². The summed E-state index contributed by atoms with van der Waals surface area (Å²) in [7, 11) is 0. The summed E-state index contributed by atoms with van der Waals surface area (Å²) in [5, 5.41) is 8.52. The van der Waals surface area contributed by atoms with Crippen LogP contribution in [0, 0.1) is 0 Å². The molecule has 1 unspecified atom stereocenters. The third kappa shape index (κ3) is 4.50. The van der Waals surface area contributed by atoms with Gasteiger partial charge in [0.05, 0.1) is 28.6 Å². The molecule has 0 bridgehead atoms. The van der Waals surface area contributed by atoms with Gasteiger partial charge in [0.2, 0.25) is 5.91 Å². The number of thioether (sulfide) groups is 1. The van der Waals surface area contributed by atoms with E-state index in [1.165, 1.54) is 47.0 Å². The van der Waals surface area contributed by atoms with E-state index in [1.54, 1.807) is 24.3 Å². The molecule has 1 aliphatic heterocycles. The minimum absolute atomic E-state index is 0.0274. The fourth-order valence-corrected chi connectivity index (χ4v) is 4.94. The molecule has 4 nitrogen and oxygen atoms in total. The first-order chi connectivity index (χ1) is 15.2. The Morgan fingerprint density at radius 3 is 2.31 bits per heavy atom. The quantitative estimate of drug-likeness (QED) is 0.538. The Hall–Kier alpha value is -3.26. The summed E-state index contributed by atoms with van der Waals surface area (Å²) in [6, 6.07) is 18.7. The number of benzene rings is 3. The van der Waals surface area contributed by atoms with Gasteiger partial charge in [-0.2, -0.15) is 13.2 Å². The van der Waals surface area contributed by atoms with Crippen LogP contribution in [0.4, 0.5) is 18.9 Å². The standard InChI is InChI=1S/C24H18F3NO3S/c25-24(26,27)18-6-2-1-5-17(18)14-28-19-7-3-4-8-20(19)32-21(22(28)29)13-15-9-11-16(12-10-15)23(30)31/h1-12,21H,13-14H2,(H,30,31). The van der Waals surface area contributed by atoms with Crippen LogP contribution >= 0.6 is 11.8 Å². The number of carbonyl (C=O) groups excluding carboxylic acids is 1. The molecule has 0 saturated carbocycles. The van der Waals surface area contributed by atoms with Crippen molar-refractivity contribution in [1.29, 1.82) is 0 Å². The van der Waals surface area contributed by atoms with E-state index in [4.69, 9.17) is 5.11 Å². The van der Waals surface area contributed by atoms with Gasteiger partial charge >= 0.3 is 12.1 Å². The van der Waals surface area contributed by atoms with Crippen molar-refractivity contribution in [3.8, 4) is 0 Å². The summed E-state index contributed by atoms with van der Waals surface area (Å²) in [6.45, 7) is -0.194. The average molecular weight is 457 g/mol. The summed E-state index contributed by atoms with van der Waals surface area (Å²) in [5.41, 5.74) is 0.767. The Balaban J connectivity index is 1.65. The van der Waals surface area contributed by atoms with Gasteiger partial charge in [-0.05, 0) is 47.9 Å². The number of halogens is 3. The second-order valence-electron chi connectivity index (χ2n) is 7.36. The fraction of sp³-hybridized carbons (Fsp3) is 0.167. The first kappa shape index (κ1) is 22.0. The van der Waals surface area contributed by atoms with Gasteiger partial charge in [0.15, 0.2) is 0 Å². The van der Waals surface area contributed by atoms with Crippen LogP contribution in [0.1, 0.15) is 27.0 Å². The highest BCUT2D eigenvalue weighted by atomic mass is 32.2. The summed E-state index contributed by atoms with van der Waals surface area (Å²) in [6.07, 6.45) is -4.19. The number of carboxylic acids is 1. The summed E-state index contributed by atoms with van der Waals surface area (Å²) >= 11 is 1.36. The molecule has 1 atom stereocenters. The predicted octanol–water partition coefficient (Wildman–Crippen LogP) is 5.65. The van der Waals surface area contributed by atoms with Crippen LogP contribution in [-0.2, 0) is 23.9 Å². The Bertz CT molecular complexity index is 1160. The van der Waals surface area contributed by atoms with E-state index in [0.717, 1.165) is 16.5 Å². The molecule has 0 radical (unpaired) electrons. The molecule has 8 heteroatoms. The number of carboxylic acid groups (broad SMARTS) is 1. The molecule has 0 saturated heterocycles. The van der Waals surface area contributed by atoms with E-state index < -0.39 is 23.0 Å².